The first-order valence-corrected chi connectivity index (χ1v) is 6.55. The second-order valence-corrected chi connectivity index (χ2v) is 3.79. The molecule has 0 saturated carbocycles. The molecule has 6 heteroatoms. The van der Waals surface area contributed by atoms with E-state index in [1.807, 2.05) is 6.92 Å². The van der Waals surface area contributed by atoms with Gasteiger partial charge in [0.15, 0.2) is 0 Å². The molecule has 0 aliphatic rings. The van der Waals surface area contributed by atoms with Crippen molar-refractivity contribution in [2.24, 2.45) is 0 Å². The van der Waals surface area contributed by atoms with E-state index in [4.69, 9.17) is 9.47 Å². The van der Waals surface area contributed by atoms with Gasteiger partial charge in [-0.25, -0.2) is 0 Å². The largest absolute Gasteiger partial charge is 0.464 e. The summed E-state index contributed by atoms with van der Waals surface area (Å²) in [4.78, 5) is 12.4. The fourth-order valence-corrected chi connectivity index (χ4v) is 1.22. The van der Waals surface area contributed by atoms with Crippen molar-refractivity contribution in [2.45, 2.75) is 40.0 Å². The zero-order valence-corrected chi connectivity index (χ0v) is 11.4. The SMILES string of the molecule is CCCCOc1nc(NCCC)nc(OCC)n1. The molecule has 0 radical (unpaired) electrons. The minimum absolute atomic E-state index is 0.303. The van der Waals surface area contributed by atoms with Crippen LogP contribution in [0, 0.1) is 0 Å². The highest BCUT2D eigenvalue weighted by Crippen LogP contribution is 2.13. The highest BCUT2D eigenvalue weighted by molar-refractivity contribution is 5.27. The lowest BCUT2D eigenvalue weighted by Crippen LogP contribution is -2.10. The number of nitrogens with zero attached hydrogens (tertiary/aromatic N) is 3. The molecule has 0 aliphatic carbocycles. The average Bonchev–Trinajstić information content (AvgIpc) is 2.37. The third-order valence-electron chi connectivity index (χ3n) is 2.13. The Labute approximate surface area is 108 Å². The van der Waals surface area contributed by atoms with Gasteiger partial charge in [-0.15, -0.1) is 4.98 Å². The summed E-state index contributed by atoms with van der Waals surface area (Å²) in [5.41, 5.74) is 0. The molecule has 1 aromatic rings. The molecule has 18 heavy (non-hydrogen) atoms. The fraction of sp³-hybridized carbons (Fsp3) is 0.750. The molecule has 1 N–H and O–H groups in total. The first-order valence-electron chi connectivity index (χ1n) is 6.55. The highest BCUT2D eigenvalue weighted by Gasteiger charge is 2.07. The Bertz CT molecular complexity index is 347. The predicted octanol–water partition coefficient (Wildman–Crippen LogP) is 2.27. The van der Waals surface area contributed by atoms with Crippen LogP contribution in [0.4, 0.5) is 5.95 Å². The number of anilines is 1. The fourth-order valence-electron chi connectivity index (χ4n) is 1.22. The van der Waals surface area contributed by atoms with Gasteiger partial charge in [-0.1, -0.05) is 20.3 Å². The van der Waals surface area contributed by atoms with Crippen molar-refractivity contribution in [3.8, 4) is 12.0 Å². The molecular weight excluding hydrogens is 232 g/mol. The average molecular weight is 254 g/mol. The highest BCUT2D eigenvalue weighted by atomic mass is 16.5. The Morgan fingerprint density at radius 3 is 2.28 bits per heavy atom. The molecule has 1 aromatic heterocycles. The number of rotatable bonds is 9. The van der Waals surface area contributed by atoms with Crippen LogP contribution in [0.3, 0.4) is 0 Å². The molecule has 0 atom stereocenters. The molecule has 0 saturated heterocycles. The van der Waals surface area contributed by atoms with Gasteiger partial charge in [-0.3, -0.25) is 0 Å². The summed E-state index contributed by atoms with van der Waals surface area (Å²) in [5.74, 6) is 0.502. The molecule has 0 amide bonds. The van der Waals surface area contributed by atoms with Gasteiger partial charge in [0.2, 0.25) is 5.95 Å². The lowest BCUT2D eigenvalue weighted by molar-refractivity contribution is 0.265. The Kier molecular flexibility index (Phi) is 6.83. The maximum atomic E-state index is 5.47. The van der Waals surface area contributed by atoms with Crippen LogP contribution in [0.5, 0.6) is 12.0 Å². The number of aromatic nitrogens is 3. The standard InChI is InChI=1S/C12H22N4O2/c1-4-7-9-18-12-15-10(13-8-5-2)14-11(16-12)17-6-3/h4-9H2,1-3H3,(H,13,14,15,16). The van der Waals surface area contributed by atoms with Crippen molar-refractivity contribution in [3.05, 3.63) is 0 Å². The Morgan fingerprint density at radius 1 is 0.944 bits per heavy atom. The van der Waals surface area contributed by atoms with Crippen molar-refractivity contribution in [3.63, 3.8) is 0 Å². The number of hydrogen-bond donors (Lipinski definition) is 1. The van der Waals surface area contributed by atoms with E-state index in [-0.39, 0.29) is 0 Å². The van der Waals surface area contributed by atoms with Crippen LogP contribution in [0.25, 0.3) is 0 Å². The monoisotopic (exact) mass is 254 g/mol. The maximum absolute atomic E-state index is 5.47. The first-order chi connectivity index (χ1) is 8.80. The van der Waals surface area contributed by atoms with E-state index >= 15 is 0 Å². The van der Waals surface area contributed by atoms with E-state index < -0.39 is 0 Å². The van der Waals surface area contributed by atoms with E-state index in [1.54, 1.807) is 0 Å². The normalized spacial score (nSPS) is 10.2. The lowest BCUT2D eigenvalue weighted by atomic mass is 10.4. The van der Waals surface area contributed by atoms with Gasteiger partial charge >= 0.3 is 12.0 Å². The molecule has 102 valence electrons. The van der Waals surface area contributed by atoms with Gasteiger partial charge in [0, 0.05) is 6.54 Å². The first kappa shape index (κ1) is 14.5. The van der Waals surface area contributed by atoms with Gasteiger partial charge in [-0.05, 0) is 19.8 Å². The van der Waals surface area contributed by atoms with Crippen LogP contribution in [0.2, 0.25) is 0 Å². The minimum atomic E-state index is 0.303. The quantitative estimate of drug-likeness (QED) is 0.682. The van der Waals surface area contributed by atoms with Gasteiger partial charge in [0.1, 0.15) is 0 Å². The van der Waals surface area contributed by atoms with E-state index in [0.29, 0.717) is 31.2 Å². The Balaban J connectivity index is 2.70. The zero-order chi connectivity index (χ0) is 13.2. The van der Waals surface area contributed by atoms with Crippen LogP contribution >= 0.6 is 0 Å². The van der Waals surface area contributed by atoms with Crippen molar-refractivity contribution >= 4 is 5.95 Å². The molecular formula is C12H22N4O2. The number of nitrogens with one attached hydrogen (secondary N) is 1. The third-order valence-corrected chi connectivity index (χ3v) is 2.13. The summed E-state index contributed by atoms with van der Waals surface area (Å²) in [7, 11) is 0. The van der Waals surface area contributed by atoms with Crippen molar-refractivity contribution in [1.29, 1.82) is 0 Å². The van der Waals surface area contributed by atoms with Crippen LogP contribution < -0.4 is 14.8 Å². The van der Waals surface area contributed by atoms with Crippen molar-refractivity contribution < 1.29 is 9.47 Å². The van der Waals surface area contributed by atoms with E-state index in [9.17, 15) is 0 Å². The van der Waals surface area contributed by atoms with E-state index in [2.05, 4.69) is 34.1 Å². The van der Waals surface area contributed by atoms with Crippen molar-refractivity contribution in [1.82, 2.24) is 15.0 Å². The summed E-state index contributed by atoms with van der Waals surface area (Å²) in [6.45, 7) is 8.02. The van der Waals surface area contributed by atoms with Crippen molar-refractivity contribution in [2.75, 3.05) is 25.1 Å². The minimum Gasteiger partial charge on any atom is -0.464 e. The zero-order valence-electron chi connectivity index (χ0n) is 11.4. The van der Waals surface area contributed by atoms with Crippen LogP contribution in [0.1, 0.15) is 40.0 Å². The van der Waals surface area contributed by atoms with Crippen LogP contribution in [-0.2, 0) is 0 Å². The second kappa shape index (κ2) is 8.49. The molecule has 1 heterocycles. The molecule has 0 unspecified atom stereocenters. The van der Waals surface area contributed by atoms with Gasteiger partial charge in [0.05, 0.1) is 13.2 Å². The summed E-state index contributed by atoms with van der Waals surface area (Å²) in [5, 5.41) is 3.10. The van der Waals surface area contributed by atoms with Crippen LogP contribution in [-0.4, -0.2) is 34.7 Å². The number of unbranched alkanes of at least 4 members (excludes halogenated alkanes) is 1. The van der Waals surface area contributed by atoms with Crippen LogP contribution in [0.15, 0.2) is 0 Å². The summed E-state index contributed by atoms with van der Waals surface area (Å²) < 4.78 is 10.8. The smallest absolute Gasteiger partial charge is 0.324 e. The molecule has 0 spiro atoms. The summed E-state index contributed by atoms with van der Waals surface area (Å²) in [6, 6.07) is 0.623. The van der Waals surface area contributed by atoms with E-state index in [0.717, 1.165) is 25.8 Å². The maximum Gasteiger partial charge on any atom is 0.324 e. The molecule has 0 aliphatic heterocycles. The molecule has 6 nitrogen and oxygen atoms in total. The Morgan fingerprint density at radius 2 is 1.67 bits per heavy atom. The van der Waals surface area contributed by atoms with E-state index in [1.165, 1.54) is 0 Å². The number of ether oxygens (including phenoxy) is 2. The predicted molar refractivity (Wildman–Crippen MR) is 70.2 cm³/mol. The Hall–Kier alpha value is -1.59. The molecule has 0 bridgehead atoms. The summed E-state index contributed by atoms with van der Waals surface area (Å²) in [6.07, 6.45) is 3.05. The topological polar surface area (TPSA) is 69.2 Å². The second-order valence-electron chi connectivity index (χ2n) is 3.79. The molecule has 1 rings (SSSR count). The third kappa shape index (κ3) is 5.16. The lowest BCUT2D eigenvalue weighted by Gasteiger charge is -2.08. The summed E-state index contributed by atoms with van der Waals surface area (Å²) >= 11 is 0. The van der Waals surface area contributed by atoms with Gasteiger partial charge in [0.25, 0.3) is 0 Å². The number of hydrogen-bond acceptors (Lipinski definition) is 6. The van der Waals surface area contributed by atoms with Gasteiger partial charge < -0.3 is 14.8 Å². The molecule has 0 fully saturated rings. The van der Waals surface area contributed by atoms with Gasteiger partial charge in [-0.2, -0.15) is 9.97 Å². The molecule has 0 aromatic carbocycles.